The fourth-order valence-corrected chi connectivity index (χ4v) is 4.10. The number of nitrogens with one attached hydrogen (secondary N) is 1. The Morgan fingerprint density at radius 2 is 1.50 bits per heavy atom. The Kier molecular flexibility index (Phi) is 6.87. The van der Waals surface area contributed by atoms with Crippen LogP contribution in [0.3, 0.4) is 0 Å². The second-order valence-electron chi connectivity index (χ2n) is 6.80. The molecule has 0 radical (unpaired) electrons. The number of ether oxygens (including phenoxy) is 1. The highest BCUT2D eigenvalue weighted by Gasteiger charge is 2.18. The summed E-state index contributed by atoms with van der Waals surface area (Å²) in [6.07, 6.45) is 0. The third kappa shape index (κ3) is 5.46. The molecule has 156 valence electrons. The lowest BCUT2D eigenvalue weighted by Crippen LogP contribution is -2.31. The number of nitrogens with zero attached hydrogens (tertiary/aromatic N) is 1. The van der Waals surface area contributed by atoms with E-state index in [1.165, 1.54) is 29.2 Å². The van der Waals surface area contributed by atoms with Crippen molar-refractivity contribution in [2.45, 2.75) is 17.9 Å². The Morgan fingerprint density at radius 1 is 0.933 bits per heavy atom. The number of benzene rings is 3. The fourth-order valence-electron chi connectivity index (χ4n) is 2.86. The van der Waals surface area contributed by atoms with Crippen LogP contribution in [0, 0.1) is 0 Å². The molecule has 0 fully saturated rings. The van der Waals surface area contributed by atoms with E-state index in [0.717, 1.165) is 11.3 Å². The third-order valence-electron chi connectivity index (χ3n) is 4.65. The number of anilines is 1. The molecule has 0 heterocycles. The van der Waals surface area contributed by atoms with Gasteiger partial charge in [0.25, 0.3) is 5.91 Å². The molecule has 1 atom stereocenters. The Balaban J connectivity index is 1.59. The number of carbonyl (C=O) groups excluding carboxylic acids is 1. The Morgan fingerprint density at radius 3 is 2.10 bits per heavy atom. The number of hydrogen-bond acceptors (Lipinski definition) is 4. The molecule has 0 aliphatic rings. The van der Waals surface area contributed by atoms with E-state index in [4.69, 9.17) is 4.74 Å². The Labute approximate surface area is 177 Å². The van der Waals surface area contributed by atoms with Gasteiger partial charge in [0.1, 0.15) is 5.75 Å². The van der Waals surface area contributed by atoms with Gasteiger partial charge in [0, 0.05) is 18.8 Å². The van der Waals surface area contributed by atoms with Gasteiger partial charge in [-0.25, -0.2) is 13.1 Å². The van der Waals surface area contributed by atoms with Crippen molar-refractivity contribution >= 4 is 21.6 Å². The van der Waals surface area contributed by atoms with Crippen LogP contribution >= 0.6 is 0 Å². The van der Waals surface area contributed by atoms with Gasteiger partial charge in [0.2, 0.25) is 10.0 Å². The van der Waals surface area contributed by atoms with E-state index in [2.05, 4.69) is 4.72 Å². The van der Waals surface area contributed by atoms with Gasteiger partial charge < -0.3 is 9.64 Å². The lowest BCUT2D eigenvalue weighted by Gasteiger charge is -2.17. The van der Waals surface area contributed by atoms with Crippen molar-refractivity contribution < 1.29 is 17.9 Å². The molecule has 0 spiro atoms. The molecular formula is C23H24N2O4S. The minimum Gasteiger partial charge on any atom is -0.484 e. The quantitative estimate of drug-likeness (QED) is 0.597. The predicted molar refractivity (Wildman–Crippen MR) is 117 cm³/mol. The van der Waals surface area contributed by atoms with Crippen LogP contribution in [-0.4, -0.2) is 28.0 Å². The summed E-state index contributed by atoms with van der Waals surface area (Å²) < 4.78 is 33.4. The highest BCUT2D eigenvalue weighted by molar-refractivity contribution is 7.89. The molecule has 0 saturated carbocycles. The van der Waals surface area contributed by atoms with Gasteiger partial charge in [-0.3, -0.25) is 4.79 Å². The number of sulfonamides is 1. The highest BCUT2D eigenvalue weighted by Crippen LogP contribution is 2.20. The molecular weight excluding hydrogens is 400 g/mol. The van der Waals surface area contributed by atoms with Crippen molar-refractivity contribution in [1.29, 1.82) is 0 Å². The monoisotopic (exact) mass is 424 g/mol. The summed E-state index contributed by atoms with van der Waals surface area (Å²) in [4.78, 5) is 13.9. The molecule has 6 nitrogen and oxygen atoms in total. The summed E-state index contributed by atoms with van der Waals surface area (Å²) in [5.41, 5.74) is 1.65. The molecule has 0 aromatic heterocycles. The first-order valence-corrected chi connectivity index (χ1v) is 11.0. The summed E-state index contributed by atoms with van der Waals surface area (Å²) in [6.45, 7) is 1.64. The minimum absolute atomic E-state index is 0.130. The van der Waals surface area contributed by atoms with Crippen LogP contribution in [0.4, 0.5) is 5.69 Å². The fraction of sp³-hybridized carbons (Fsp3) is 0.174. The minimum atomic E-state index is -3.69. The van der Waals surface area contributed by atoms with Crippen LogP contribution in [0.1, 0.15) is 18.5 Å². The van der Waals surface area contributed by atoms with Gasteiger partial charge in [0.15, 0.2) is 6.61 Å². The number of rotatable bonds is 8. The topological polar surface area (TPSA) is 75.7 Å². The van der Waals surface area contributed by atoms with Gasteiger partial charge in [0.05, 0.1) is 4.90 Å². The average Bonchev–Trinajstić information content (AvgIpc) is 2.78. The second kappa shape index (κ2) is 9.56. The van der Waals surface area contributed by atoms with Crippen LogP contribution in [0.25, 0.3) is 0 Å². The average molecular weight is 425 g/mol. The zero-order valence-electron chi connectivity index (χ0n) is 16.9. The molecule has 7 heteroatoms. The van der Waals surface area contributed by atoms with Gasteiger partial charge in [-0.15, -0.1) is 0 Å². The molecule has 0 bridgehead atoms. The molecule has 0 aliphatic carbocycles. The smallest absolute Gasteiger partial charge is 0.264 e. The van der Waals surface area contributed by atoms with E-state index >= 15 is 0 Å². The predicted octanol–water partition coefficient (Wildman–Crippen LogP) is 3.77. The van der Waals surface area contributed by atoms with Crippen LogP contribution in [0.5, 0.6) is 5.75 Å². The first-order chi connectivity index (χ1) is 14.4. The van der Waals surface area contributed by atoms with Crippen molar-refractivity contribution in [2.75, 3.05) is 18.6 Å². The van der Waals surface area contributed by atoms with E-state index in [1.54, 1.807) is 14.0 Å². The molecule has 3 rings (SSSR count). The van der Waals surface area contributed by atoms with Gasteiger partial charge >= 0.3 is 0 Å². The van der Waals surface area contributed by atoms with Gasteiger partial charge in [-0.1, -0.05) is 48.5 Å². The maximum absolute atomic E-state index is 12.6. The first kappa shape index (κ1) is 21.5. The van der Waals surface area contributed by atoms with Crippen molar-refractivity contribution in [3.8, 4) is 5.75 Å². The van der Waals surface area contributed by atoms with E-state index in [-0.39, 0.29) is 23.5 Å². The maximum Gasteiger partial charge on any atom is 0.264 e. The normalized spacial score (nSPS) is 12.2. The van der Waals surface area contributed by atoms with E-state index in [9.17, 15) is 13.2 Å². The summed E-state index contributed by atoms with van der Waals surface area (Å²) in [5, 5.41) is 0. The lowest BCUT2D eigenvalue weighted by molar-refractivity contribution is -0.120. The number of likely N-dealkylation sites (N-methyl/N-ethyl adjacent to an activating group) is 1. The zero-order chi connectivity index (χ0) is 21.6. The Bertz CT molecular complexity index is 1070. The largest absolute Gasteiger partial charge is 0.484 e. The zero-order valence-corrected chi connectivity index (χ0v) is 17.7. The van der Waals surface area contributed by atoms with Gasteiger partial charge in [-0.05, 0) is 48.9 Å². The number of amides is 1. The van der Waals surface area contributed by atoms with Crippen molar-refractivity contribution in [1.82, 2.24) is 4.72 Å². The van der Waals surface area contributed by atoms with Crippen LogP contribution in [0.2, 0.25) is 0 Å². The maximum atomic E-state index is 12.6. The summed E-state index contributed by atoms with van der Waals surface area (Å²) in [6, 6.07) is 24.2. The van der Waals surface area contributed by atoms with Crippen LogP contribution in [-0.2, 0) is 14.8 Å². The molecule has 0 aliphatic heterocycles. The molecule has 3 aromatic rings. The van der Waals surface area contributed by atoms with Crippen molar-refractivity contribution in [3.63, 3.8) is 0 Å². The standard InChI is InChI=1S/C23H24N2O4S/c1-18(19-9-5-3-6-10-19)24-30(27,28)22-15-13-21(14-16-22)29-17-23(26)25(2)20-11-7-4-8-12-20/h3-16,18,24H,17H2,1-2H3/t18-/m1/s1. The SMILES string of the molecule is C[C@@H](NS(=O)(=O)c1ccc(OCC(=O)N(C)c2ccccc2)cc1)c1ccccc1. The number of hydrogen-bond donors (Lipinski definition) is 1. The van der Waals surface area contributed by atoms with Crippen LogP contribution in [0.15, 0.2) is 89.8 Å². The van der Waals surface area contributed by atoms with E-state index in [0.29, 0.717) is 5.75 Å². The highest BCUT2D eigenvalue weighted by atomic mass is 32.2. The van der Waals surface area contributed by atoms with E-state index in [1.807, 2.05) is 60.7 Å². The molecule has 3 aromatic carbocycles. The lowest BCUT2D eigenvalue weighted by atomic mass is 10.1. The summed E-state index contributed by atoms with van der Waals surface area (Å²) in [5.74, 6) is 0.205. The molecule has 0 saturated heterocycles. The molecule has 30 heavy (non-hydrogen) atoms. The summed E-state index contributed by atoms with van der Waals surface area (Å²) >= 11 is 0. The Hall–Kier alpha value is -3.16. The number of carbonyl (C=O) groups is 1. The van der Waals surface area contributed by atoms with E-state index < -0.39 is 10.0 Å². The molecule has 1 amide bonds. The first-order valence-electron chi connectivity index (χ1n) is 9.48. The second-order valence-corrected chi connectivity index (χ2v) is 8.52. The third-order valence-corrected chi connectivity index (χ3v) is 6.20. The summed E-state index contributed by atoms with van der Waals surface area (Å²) in [7, 11) is -2.01. The van der Waals surface area contributed by atoms with Gasteiger partial charge in [-0.2, -0.15) is 0 Å². The van der Waals surface area contributed by atoms with Crippen molar-refractivity contribution in [2.24, 2.45) is 0 Å². The van der Waals surface area contributed by atoms with Crippen molar-refractivity contribution in [3.05, 3.63) is 90.5 Å². The number of para-hydroxylation sites is 1. The van der Waals surface area contributed by atoms with Crippen LogP contribution < -0.4 is 14.4 Å². The molecule has 0 unspecified atom stereocenters. The molecule has 1 N–H and O–H groups in total.